The number of nitrogens with one attached hydrogen (secondary N) is 2. The average Bonchev–Trinajstić information content (AvgIpc) is 2.86. The van der Waals surface area contributed by atoms with Crippen molar-refractivity contribution in [2.45, 2.75) is 0 Å². The quantitative estimate of drug-likeness (QED) is 0.561. The molecule has 0 amide bonds. The number of nitrogens with zero attached hydrogens (tertiary/aromatic N) is 2. The Balaban J connectivity index is 2.09. The number of pyridine rings is 2. The number of hydrogen-bond donors (Lipinski definition) is 2. The molecule has 4 rings (SSSR count). The normalized spacial score (nSPS) is 11.2. The fourth-order valence-corrected chi connectivity index (χ4v) is 3.23. The van der Waals surface area contributed by atoms with Gasteiger partial charge in [0.15, 0.2) is 0 Å². The van der Waals surface area contributed by atoms with E-state index in [-0.39, 0.29) is 5.56 Å². The van der Waals surface area contributed by atoms with Crippen LogP contribution in [0.15, 0.2) is 46.2 Å². The first kappa shape index (κ1) is 12.0. The number of rotatable bonds is 1. The summed E-state index contributed by atoms with van der Waals surface area (Å²) in [5.41, 5.74) is 1.82. The molecule has 6 nitrogen and oxygen atoms in total. The Hall–Kier alpha value is -2.80. The standard InChI is InChI=1S/C14H8N4O2S/c19-13-12-11(17-14(20)18-13)10-9(21-12)4-3-8(16-10)7-2-1-5-15-6-7/h1-6H,(H2,17,18,19,20). The molecule has 0 spiro atoms. The molecule has 0 aliphatic rings. The van der Waals surface area contributed by atoms with Crippen LogP contribution in [0.4, 0.5) is 0 Å². The minimum absolute atomic E-state index is 0.389. The molecule has 0 saturated carbocycles. The van der Waals surface area contributed by atoms with Gasteiger partial charge in [-0.2, -0.15) is 0 Å². The van der Waals surface area contributed by atoms with E-state index >= 15 is 0 Å². The highest BCUT2D eigenvalue weighted by atomic mass is 32.1. The van der Waals surface area contributed by atoms with Crippen LogP contribution in [-0.4, -0.2) is 19.9 Å². The van der Waals surface area contributed by atoms with Crippen LogP contribution in [0.5, 0.6) is 0 Å². The molecule has 2 N–H and O–H groups in total. The summed E-state index contributed by atoms with van der Waals surface area (Å²) in [4.78, 5) is 36.8. The molecular formula is C14H8N4O2S. The minimum Gasteiger partial charge on any atom is -0.304 e. The van der Waals surface area contributed by atoms with Crippen LogP contribution in [0, 0.1) is 0 Å². The highest BCUT2D eigenvalue weighted by Gasteiger charge is 2.12. The Bertz CT molecular complexity index is 1080. The molecule has 4 aromatic heterocycles. The summed E-state index contributed by atoms with van der Waals surface area (Å²) in [7, 11) is 0. The third-order valence-corrected chi connectivity index (χ3v) is 4.31. The summed E-state index contributed by atoms with van der Waals surface area (Å²) in [6.45, 7) is 0. The summed E-state index contributed by atoms with van der Waals surface area (Å²) in [5.74, 6) is 0. The highest BCUT2D eigenvalue weighted by molar-refractivity contribution is 7.25. The zero-order valence-corrected chi connectivity index (χ0v) is 11.4. The lowest BCUT2D eigenvalue weighted by Crippen LogP contribution is -2.20. The van der Waals surface area contributed by atoms with Crippen LogP contribution in [0.2, 0.25) is 0 Å². The second-order valence-corrected chi connectivity index (χ2v) is 5.55. The van der Waals surface area contributed by atoms with Crippen molar-refractivity contribution in [3.63, 3.8) is 0 Å². The van der Waals surface area contributed by atoms with E-state index in [9.17, 15) is 9.59 Å². The molecule has 4 aromatic rings. The lowest BCUT2D eigenvalue weighted by atomic mass is 10.2. The van der Waals surface area contributed by atoms with Gasteiger partial charge in [0.2, 0.25) is 0 Å². The summed E-state index contributed by atoms with van der Waals surface area (Å²) in [6, 6.07) is 7.51. The highest BCUT2D eigenvalue weighted by Crippen LogP contribution is 2.30. The monoisotopic (exact) mass is 296 g/mol. The molecular weight excluding hydrogens is 288 g/mol. The molecule has 0 bridgehead atoms. The Morgan fingerprint density at radius 1 is 1.10 bits per heavy atom. The van der Waals surface area contributed by atoms with E-state index in [2.05, 4.69) is 19.9 Å². The number of aromatic nitrogens is 4. The lowest BCUT2D eigenvalue weighted by molar-refractivity contribution is 1.09. The molecule has 102 valence electrons. The van der Waals surface area contributed by atoms with Gasteiger partial charge in [-0.15, -0.1) is 11.3 Å². The minimum atomic E-state index is -0.527. The van der Waals surface area contributed by atoms with Crippen molar-refractivity contribution in [1.82, 2.24) is 19.9 Å². The molecule has 21 heavy (non-hydrogen) atoms. The largest absolute Gasteiger partial charge is 0.326 e. The topological polar surface area (TPSA) is 91.5 Å². The summed E-state index contributed by atoms with van der Waals surface area (Å²) in [6.07, 6.45) is 3.41. The zero-order chi connectivity index (χ0) is 14.4. The maximum Gasteiger partial charge on any atom is 0.326 e. The molecule has 4 heterocycles. The molecule has 0 aromatic carbocycles. The van der Waals surface area contributed by atoms with Crippen molar-refractivity contribution < 1.29 is 0 Å². The lowest BCUT2D eigenvalue weighted by Gasteiger charge is -1.99. The van der Waals surface area contributed by atoms with Gasteiger partial charge in [0, 0.05) is 18.0 Å². The Morgan fingerprint density at radius 3 is 2.81 bits per heavy atom. The van der Waals surface area contributed by atoms with E-state index < -0.39 is 5.69 Å². The van der Waals surface area contributed by atoms with Gasteiger partial charge in [0.05, 0.1) is 15.9 Å². The van der Waals surface area contributed by atoms with Crippen molar-refractivity contribution in [3.8, 4) is 11.3 Å². The van der Waals surface area contributed by atoms with E-state index in [1.165, 1.54) is 11.3 Å². The fourth-order valence-electron chi connectivity index (χ4n) is 2.23. The molecule has 0 atom stereocenters. The average molecular weight is 296 g/mol. The SMILES string of the molecule is O=c1[nH]c(=O)c2sc3ccc(-c4cccnc4)nc3c2[nH]1. The maximum atomic E-state index is 11.8. The van der Waals surface area contributed by atoms with Crippen LogP contribution < -0.4 is 11.2 Å². The summed E-state index contributed by atoms with van der Waals surface area (Å²) >= 11 is 1.31. The number of hydrogen-bond acceptors (Lipinski definition) is 5. The van der Waals surface area contributed by atoms with E-state index in [1.807, 2.05) is 24.3 Å². The second-order valence-electron chi connectivity index (χ2n) is 4.50. The predicted octanol–water partition coefficient (Wildman–Crippen LogP) is 1.89. The van der Waals surface area contributed by atoms with Crippen LogP contribution in [0.25, 0.3) is 31.7 Å². The molecule has 7 heteroatoms. The van der Waals surface area contributed by atoms with Crippen molar-refractivity contribution >= 4 is 31.8 Å². The first-order chi connectivity index (χ1) is 10.2. The van der Waals surface area contributed by atoms with Crippen molar-refractivity contribution in [1.29, 1.82) is 0 Å². The fraction of sp³-hybridized carbons (Fsp3) is 0. The van der Waals surface area contributed by atoms with Crippen LogP contribution in [-0.2, 0) is 0 Å². The molecule has 0 fully saturated rings. The molecule has 0 saturated heterocycles. The van der Waals surface area contributed by atoms with Gasteiger partial charge < -0.3 is 4.98 Å². The number of thiophene rings is 1. The number of aromatic amines is 2. The molecule has 0 aliphatic carbocycles. The molecule has 0 aliphatic heterocycles. The van der Waals surface area contributed by atoms with E-state index in [1.54, 1.807) is 12.4 Å². The first-order valence-corrected chi connectivity index (χ1v) is 7.00. The maximum absolute atomic E-state index is 11.8. The molecule has 0 radical (unpaired) electrons. The van der Waals surface area contributed by atoms with Gasteiger partial charge in [0.25, 0.3) is 5.56 Å². The van der Waals surface area contributed by atoms with Gasteiger partial charge in [-0.25, -0.2) is 9.78 Å². The number of fused-ring (bicyclic) bond motifs is 3. The van der Waals surface area contributed by atoms with Gasteiger partial charge in [-0.05, 0) is 24.3 Å². The van der Waals surface area contributed by atoms with E-state index in [0.717, 1.165) is 16.0 Å². The van der Waals surface area contributed by atoms with Crippen LogP contribution >= 0.6 is 11.3 Å². The predicted molar refractivity (Wildman–Crippen MR) is 81.6 cm³/mol. The van der Waals surface area contributed by atoms with Gasteiger partial charge >= 0.3 is 5.69 Å². The molecule has 0 unspecified atom stereocenters. The first-order valence-electron chi connectivity index (χ1n) is 6.18. The third-order valence-electron chi connectivity index (χ3n) is 3.16. The van der Waals surface area contributed by atoms with Gasteiger partial charge in [0.1, 0.15) is 10.2 Å². The summed E-state index contributed by atoms with van der Waals surface area (Å²) in [5, 5.41) is 0. The van der Waals surface area contributed by atoms with Crippen molar-refractivity contribution in [2.75, 3.05) is 0 Å². The van der Waals surface area contributed by atoms with Crippen molar-refractivity contribution in [2.24, 2.45) is 0 Å². The van der Waals surface area contributed by atoms with Gasteiger partial charge in [-0.1, -0.05) is 0 Å². The second kappa shape index (κ2) is 4.35. The zero-order valence-electron chi connectivity index (χ0n) is 10.6. The summed E-state index contributed by atoms with van der Waals surface area (Å²) < 4.78 is 1.32. The van der Waals surface area contributed by atoms with E-state index in [4.69, 9.17) is 0 Å². The van der Waals surface area contributed by atoms with Gasteiger partial charge in [-0.3, -0.25) is 14.8 Å². The third kappa shape index (κ3) is 1.86. The van der Waals surface area contributed by atoms with E-state index in [0.29, 0.717) is 15.7 Å². The Kier molecular flexibility index (Phi) is 2.48. The van der Waals surface area contributed by atoms with Crippen LogP contribution in [0.3, 0.4) is 0 Å². The van der Waals surface area contributed by atoms with Crippen molar-refractivity contribution in [3.05, 3.63) is 57.5 Å². The smallest absolute Gasteiger partial charge is 0.304 e. The Labute approximate surface area is 121 Å². The Morgan fingerprint density at radius 2 is 2.00 bits per heavy atom. The van der Waals surface area contributed by atoms with Crippen LogP contribution in [0.1, 0.15) is 0 Å². The number of H-pyrrole nitrogens is 2.